The van der Waals surface area contributed by atoms with Gasteiger partial charge in [0.15, 0.2) is 0 Å². The Hall–Kier alpha value is -3.21. The summed E-state index contributed by atoms with van der Waals surface area (Å²) in [5, 5.41) is 0.563. The van der Waals surface area contributed by atoms with Crippen LogP contribution in [-0.2, 0) is 19.6 Å². The number of sulfonamides is 1. The molecule has 1 aromatic heterocycles. The van der Waals surface area contributed by atoms with Crippen molar-refractivity contribution in [1.29, 1.82) is 0 Å². The van der Waals surface area contributed by atoms with Gasteiger partial charge < -0.3 is 15.2 Å². The Labute approximate surface area is 222 Å². The van der Waals surface area contributed by atoms with E-state index in [4.69, 9.17) is 26.8 Å². The molecule has 1 saturated carbocycles. The third kappa shape index (κ3) is 6.76. The van der Waals surface area contributed by atoms with Crippen molar-refractivity contribution in [3.8, 4) is 11.6 Å². The summed E-state index contributed by atoms with van der Waals surface area (Å²) in [6.07, 6.45) is 4.45. The fourth-order valence-corrected chi connectivity index (χ4v) is 5.45. The maximum atomic E-state index is 13.7. The molecule has 1 fully saturated rings. The van der Waals surface area contributed by atoms with Crippen molar-refractivity contribution in [2.24, 2.45) is 10.7 Å². The molecule has 37 heavy (non-hydrogen) atoms. The van der Waals surface area contributed by atoms with Gasteiger partial charge in [-0.1, -0.05) is 18.2 Å². The lowest BCUT2D eigenvalue weighted by Gasteiger charge is -2.33. The molecular weight excluding hydrogens is 516 g/mol. The van der Waals surface area contributed by atoms with Crippen molar-refractivity contribution >= 4 is 38.9 Å². The number of likely N-dealkylation sites (N-methyl/N-ethyl adjacent to an activating group) is 1. The number of carbonyl (C=O) groups excluding carboxylic acids is 1. The predicted molar refractivity (Wildman–Crippen MR) is 144 cm³/mol. The van der Waals surface area contributed by atoms with Crippen LogP contribution in [0.2, 0.25) is 5.02 Å². The number of nitrogens with zero attached hydrogens (tertiary/aromatic N) is 3. The lowest BCUT2D eigenvalue weighted by Crippen LogP contribution is -2.42. The normalized spacial score (nSPS) is 18.2. The summed E-state index contributed by atoms with van der Waals surface area (Å²) in [5.74, 6) is 0.278. The Morgan fingerprint density at radius 3 is 2.68 bits per heavy atom. The third-order valence-electron chi connectivity index (χ3n) is 5.90. The molecule has 11 heteroatoms. The molecule has 9 nitrogen and oxygen atoms in total. The first-order valence-electron chi connectivity index (χ1n) is 11.8. The Kier molecular flexibility index (Phi) is 9.47. The number of aliphatic imine (C=N–C) groups is 1. The average Bonchev–Trinajstić information content (AvgIpc) is 2.88. The molecule has 3 rings (SSSR count). The fourth-order valence-electron chi connectivity index (χ4n) is 3.99. The largest absolute Gasteiger partial charge is 0.465 e. The van der Waals surface area contributed by atoms with E-state index in [0.29, 0.717) is 52.5 Å². The van der Waals surface area contributed by atoms with Crippen LogP contribution in [0.25, 0.3) is 5.57 Å². The summed E-state index contributed by atoms with van der Waals surface area (Å²) >= 11 is 5.94. The lowest BCUT2D eigenvalue weighted by molar-refractivity contribution is -0.141. The topological polar surface area (TPSA) is 124 Å². The summed E-state index contributed by atoms with van der Waals surface area (Å²) in [6.45, 7) is 7.53. The maximum absolute atomic E-state index is 13.7. The second kappa shape index (κ2) is 12.4. The number of nitrogens with two attached hydrogens (primary N) is 1. The van der Waals surface area contributed by atoms with Gasteiger partial charge in [-0.3, -0.25) is 9.79 Å². The van der Waals surface area contributed by atoms with Gasteiger partial charge in [-0.2, -0.15) is 4.31 Å². The summed E-state index contributed by atoms with van der Waals surface area (Å²) in [6, 6.07) is 7.69. The highest BCUT2D eigenvalue weighted by atomic mass is 35.5. The number of carbonyl (C=O) groups is 1. The van der Waals surface area contributed by atoms with Crippen LogP contribution in [0.5, 0.6) is 11.6 Å². The highest BCUT2D eigenvalue weighted by Gasteiger charge is 2.35. The molecule has 198 valence electrons. The van der Waals surface area contributed by atoms with Gasteiger partial charge in [0.25, 0.3) is 0 Å². The summed E-state index contributed by atoms with van der Waals surface area (Å²) in [7, 11) is -2.49. The number of benzene rings is 1. The van der Waals surface area contributed by atoms with Crippen LogP contribution < -0.4 is 10.5 Å². The van der Waals surface area contributed by atoms with Gasteiger partial charge in [-0.25, -0.2) is 13.4 Å². The Balaban J connectivity index is 1.89. The van der Waals surface area contributed by atoms with Crippen molar-refractivity contribution in [1.82, 2.24) is 9.29 Å². The van der Waals surface area contributed by atoms with Gasteiger partial charge in [0.05, 0.1) is 18.8 Å². The van der Waals surface area contributed by atoms with Gasteiger partial charge in [0, 0.05) is 35.1 Å². The Morgan fingerprint density at radius 2 is 2.05 bits per heavy atom. The zero-order valence-electron chi connectivity index (χ0n) is 21.1. The Morgan fingerprint density at radius 1 is 1.35 bits per heavy atom. The number of rotatable bonds is 9. The first-order chi connectivity index (χ1) is 17.6. The molecule has 1 unspecified atom stereocenters. The molecule has 2 N–H and O–H groups in total. The summed E-state index contributed by atoms with van der Waals surface area (Å²) in [5.41, 5.74) is 8.12. The maximum Gasteiger partial charge on any atom is 0.327 e. The minimum absolute atomic E-state index is 0.0107. The van der Waals surface area contributed by atoms with Crippen LogP contribution in [0, 0.1) is 0 Å². The van der Waals surface area contributed by atoms with Gasteiger partial charge in [-0.15, -0.1) is 0 Å². The average molecular weight is 547 g/mol. The SMILES string of the molecule is C=C(C)c1cc(S(=O)(=O)N(C)C2CCCC(=NCC(=O)OCC)C2=CN)cnc1Oc1ccc(Cl)cc1. The number of hydrogen-bond donors (Lipinski definition) is 1. The van der Waals surface area contributed by atoms with Crippen molar-refractivity contribution in [2.45, 2.75) is 44.0 Å². The first kappa shape index (κ1) is 28.4. The van der Waals surface area contributed by atoms with E-state index < -0.39 is 22.0 Å². The molecule has 0 saturated heterocycles. The molecule has 0 amide bonds. The molecule has 0 spiro atoms. The van der Waals surface area contributed by atoms with Crippen LogP contribution in [0.1, 0.15) is 38.7 Å². The van der Waals surface area contributed by atoms with E-state index in [1.165, 1.54) is 29.8 Å². The van der Waals surface area contributed by atoms with E-state index in [1.807, 2.05) is 0 Å². The minimum atomic E-state index is -3.98. The number of ether oxygens (including phenoxy) is 2. The quantitative estimate of drug-likeness (QED) is 0.456. The van der Waals surface area contributed by atoms with Gasteiger partial charge >= 0.3 is 5.97 Å². The van der Waals surface area contributed by atoms with Crippen LogP contribution in [0.3, 0.4) is 0 Å². The molecule has 1 aliphatic rings. The molecule has 2 aromatic rings. The van der Waals surface area contributed by atoms with Gasteiger partial charge in [0.1, 0.15) is 17.2 Å². The lowest BCUT2D eigenvalue weighted by atomic mass is 9.88. The zero-order chi connectivity index (χ0) is 27.2. The molecule has 0 bridgehead atoms. The van der Waals surface area contributed by atoms with Crippen LogP contribution in [-0.4, -0.2) is 55.6 Å². The molecule has 1 aromatic carbocycles. The van der Waals surface area contributed by atoms with E-state index >= 15 is 0 Å². The molecule has 1 heterocycles. The predicted octanol–water partition coefficient (Wildman–Crippen LogP) is 4.58. The Bertz CT molecular complexity index is 1320. The smallest absolute Gasteiger partial charge is 0.327 e. The van der Waals surface area contributed by atoms with Crippen molar-refractivity contribution in [3.63, 3.8) is 0 Å². The second-order valence-corrected chi connectivity index (χ2v) is 10.9. The number of esters is 1. The number of hydrogen-bond acceptors (Lipinski definition) is 8. The summed E-state index contributed by atoms with van der Waals surface area (Å²) in [4.78, 5) is 20.4. The third-order valence-corrected chi connectivity index (χ3v) is 7.98. The zero-order valence-corrected chi connectivity index (χ0v) is 22.7. The van der Waals surface area contributed by atoms with Crippen molar-refractivity contribution < 1.29 is 22.7 Å². The van der Waals surface area contributed by atoms with Crippen LogP contribution in [0.4, 0.5) is 0 Å². The fraction of sp³-hybridized carbons (Fsp3) is 0.346. The number of halogens is 1. The number of pyridine rings is 1. The second-order valence-electron chi connectivity index (χ2n) is 8.48. The summed E-state index contributed by atoms with van der Waals surface area (Å²) < 4.78 is 39.4. The number of allylic oxidation sites excluding steroid dienone is 1. The number of aromatic nitrogens is 1. The van der Waals surface area contributed by atoms with E-state index in [9.17, 15) is 13.2 Å². The van der Waals surface area contributed by atoms with E-state index in [2.05, 4.69) is 16.6 Å². The van der Waals surface area contributed by atoms with Crippen LogP contribution in [0.15, 0.2) is 64.8 Å². The van der Waals surface area contributed by atoms with Gasteiger partial charge in [0.2, 0.25) is 15.9 Å². The molecule has 1 aliphatic carbocycles. The van der Waals surface area contributed by atoms with E-state index in [0.717, 1.165) is 0 Å². The van der Waals surface area contributed by atoms with Crippen LogP contribution >= 0.6 is 11.6 Å². The van der Waals surface area contributed by atoms with Crippen molar-refractivity contribution in [3.05, 3.63) is 65.5 Å². The standard InChI is InChI=1S/C26H31ClN4O5S/c1-5-35-25(32)16-29-23-7-6-8-24(22(23)14-28)31(4)37(33,34)20-13-21(17(2)3)26(30-15-20)36-19-11-9-18(27)10-12-19/h9-15,24H,2,5-8,16,28H2,1,3-4H3. The molecule has 0 aliphatic heterocycles. The first-order valence-corrected chi connectivity index (χ1v) is 13.6. The molecular formula is C26H31ClN4O5S. The molecule has 0 radical (unpaired) electrons. The highest BCUT2D eigenvalue weighted by molar-refractivity contribution is 7.89. The van der Waals surface area contributed by atoms with E-state index in [1.54, 1.807) is 38.1 Å². The monoisotopic (exact) mass is 546 g/mol. The van der Waals surface area contributed by atoms with Crippen molar-refractivity contribution in [2.75, 3.05) is 20.2 Å². The minimum Gasteiger partial charge on any atom is -0.465 e. The highest BCUT2D eigenvalue weighted by Crippen LogP contribution is 2.33. The van der Waals surface area contributed by atoms with Gasteiger partial charge in [-0.05, 0) is 69.0 Å². The molecule has 1 atom stereocenters. The van der Waals surface area contributed by atoms with E-state index in [-0.39, 0.29) is 23.9 Å².